The van der Waals surface area contributed by atoms with Crippen molar-refractivity contribution in [3.8, 4) is 0 Å². The molecule has 0 unspecified atom stereocenters. The van der Waals surface area contributed by atoms with E-state index in [1.165, 1.54) is 0 Å². The number of esters is 1. The van der Waals surface area contributed by atoms with Crippen LogP contribution < -0.4 is 0 Å². The van der Waals surface area contributed by atoms with Crippen molar-refractivity contribution >= 4 is 17.9 Å². The van der Waals surface area contributed by atoms with E-state index in [-0.39, 0.29) is 40.7 Å². The minimum Gasteiger partial charge on any atom is -0.462 e. The topological polar surface area (TPSA) is 91.5 Å². The molecule has 0 aromatic carbocycles. The molecule has 6 heteroatoms. The van der Waals surface area contributed by atoms with Crippen LogP contribution in [0.4, 0.5) is 0 Å². The Morgan fingerprint density at radius 3 is 2.68 bits per heavy atom. The number of fused-ring (bicyclic) bond motifs is 3. The second kappa shape index (κ2) is 5.71. The van der Waals surface area contributed by atoms with Crippen molar-refractivity contribution in [2.24, 2.45) is 44.8 Å². The lowest BCUT2D eigenvalue weighted by molar-refractivity contribution is -0.146. The van der Waals surface area contributed by atoms with Crippen LogP contribution in [0.2, 0.25) is 0 Å². The quantitative estimate of drug-likeness (QED) is 0.346. The molecule has 25 heavy (non-hydrogen) atoms. The molecule has 4 rings (SSSR count). The molecule has 0 radical (unpaired) electrons. The Morgan fingerprint density at radius 1 is 1.16 bits per heavy atom. The highest BCUT2D eigenvalue weighted by atomic mass is 16.6. The average molecular weight is 348 g/mol. The Bertz CT molecular complexity index is 633. The molecule has 3 saturated carbocycles. The van der Waals surface area contributed by atoms with E-state index in [4.69, 9.17) is 4.74 Å². The third-order valence-electron chi connectivity index (χ3n) is 8.15. The lowest BCUT2D eigenvalue weighted by Crippen LogP contribution is -2.51. The van der Waals surface area contributed by atoms with E-state index in [2.05, 4.69) is 24.2 Å². The van der Waals surface area contributed by atoms with Gasteiger partial charge in [0.1, 0.15) is 6.10 Å². The molecule has 0 spiro atoms. The Hall–Kier alpha value is -1.59. The third-order valence-corrected chi connectivity index (χ3v) is 8.15. The van der Waals surface area contributed by atoms with Gasteiger partial charge in [-0.3, -0.25) is 4.79 Å². The van der Waals surface area contributed by atoms with Gasteiger partial charge in [0.15, 0.2) is 0 Å². The van der Waals surface area contributed by atoms with Crippen molar-refractivity contribution < 1.29 is 19.9 Å². The SMILES string of the molecule is C[C@]1([C@H]2CC[C@]3(C)/C(=N/O)CC[C@H]3[C@@H]2/C=N/O)CC[C@H]2C[C@@H]1C(=O)O2. The molecule has 2 bridgehead atoms. The fourth-order valence-electron chi connectivity index (χ4n) is 6.66. The van der Waals surface area contributed by atoms with Gasteiger partial charge in [-0.15, -0.1) is 5.16 Å². The number of rotatable bonds is 2. The predicted molar refractivity (Wildman–Crippen MR) is 91.9 cm³/mol. The fraction of sp³-hybridized carbons (Fsp3) is 0.842. The smallest absolute Gasteiger partial charge is 0.309 e. The Labute approximate surface area is 148 Å². The largest absolute Gasteiger partial charge is 0.462 e. The molecule has 3 aliphatic carbocycles. The van der Waals surface area contributed by atoms with E-state index in [1.54, 1.807) is 6.21 Å². The van der Waals surface area contributed by atoms with Gasteiger partial charge in [0, 0.05) is 17.5 Å². The van der Waals surface area contributed by atoms with Crippen LogP contribution in [0.15, 0.2) is 10.3 Å². The maximum Gasteiger partial charge on any atom is 0.309 e. The van der Waals surface area contributed by atoms with Gasteiger partial charge in [0.25, 0.3) is 0 Å². The molecule has 1 heterocycles. The van der Waals surface area contributed by atoms with Crippen LogP contribution in [0, 0.1) is 34.5 Å². The van der Waals surface area contributed by atoms with Crippen molar-refractivity contribution in [2.45, 2.75) is 64.9 Å². The van der Waals surface area contributed by atoms with Gasteiger partial charge < -0.3 is 15.2 Å². The molecule has 6 nitrogen and oxygen atoms in total. The molecule has 1 saturated heterocycles. The molecule has 2 N–H and O–H groups in total. The fourth-order valence-corrected chi connectivity index (χ4v) is 6.66. The third kappa shape index (κ3) is 2.25. The summed E-state index contributed by atoms with van der Waals surface area (Å²) in [5.74, 6) is 0.596. The van der Waals surface area contributed by atoms with Crippen molar-refractivity contribution in [1.29, 1.82) is 0 Å². The normalized spacial score (nSPS) is 51.0. The molecule has 138 valence electrons. The van der Waals surface area contributed by atoms with Crippen molar-refractivity contribution in [1.82, 2.24) is 0 Å². The second-order valence-corrected chi connectivity index (χ2v) is 8.99. The van der Waals surface area contributed by atoms with Crippen LogP contribution in [0.5, 0.6) is 0 Å². The number of carbonyl (C=O) groups is 1. The summed E-state index contributed by atoms with van der Waals surface area (Å²) in [7, 11) is 0. The Balaban J connectivity index is 1.70. The summed E-state index contributed by atoms with van der Waals surface area (Å²) in [4.78, 5) is 12.4. The number of nitrogens with zero attached hydrogens (tertiary/aromatic N) is 2. The standard InChI is InChI=1S/C19H28N2O4/c1-18(7-5-11-9-15(18)17(22)25-11)14-6-8-19(2)13(12(14)10-20-23)3-4-16(19)21-24/h10-15,23-24H,3-9H2,1-2H3/b20-10+,21-16+/t11-,12-,13-,14-,15+,18+,19-/m0/s1. The summed E-state index contributed by atoms with van der Waals surface area (Å²) in [6, 6.07) is 0. The molecule has 4 fully saturated rings. The molecular formula is C19H28N2O4. The summed E-state index contributed by atoms with van der Waals surface area (Å²) < 4.78 is 5.53. The van der Waals surface area contributed by atoms with Crippen LogP contribution >= 0.6 is 0 Å². The van der Waals surface area contributed by atoms with E-state index in [0.717, 1.165) is 50.7 Å². The summed E-state index contributed by atoms with van der Waals surface area (Å²) in [5.41, 5.74) is 0.624. The predicted octanol–water partition coefficient (Wildman–Crippen LogP) is 3.45. The minimum absolute atomic E-state index is 0.0393. The van der Waals surface area contributed by atoms with Gasteiger partial charge >= 0.3 is 5.97 Å². The van der Waals surface area contributed by atoms with Crippen molar-refractivity contribution in [3.05, 3.63) is 0 Å². The summed E-state index contributed by atoms with van der Waals surface area (Å²) in [6.45, 7) is 4.42. The van der Waals surface area contributed by atoms with Gasteiger partial charge in [0.05, 0.1) is 11.6 Å². The van der Waals surface area contributed by atoms with E-state index in [1.807, 2.05) is 0 Å². The monoisotopic (exact) mass is 348 g/mol. The maximum atomic E-state index is 12.4. The van der Waals surface area contributed by atoms with Gasteiger partial charge in [-0.25, -0.2) is 0 Å². The molecular weight excluding hydrogens is 320 g/mol. The second-order valence-electron chi connectivity index (χ2n) is 8.99. The van der Waals surface area contributed by atoms with E-state index >= 15 is 0 Å². The number of ether oxygens (including phenoxy) is 1. The molecule has 0 amide bonds. The van der Waals surface area contributed by atoms with Crippen LogP contribution in [-0.4, -0.2) is 34.4 Å². The molecule has 7 atom stereocenters. The lowest BCUT2D eigenvalue weighted by atomic mass is 9.50. The van der Waals surface area contributed by atoms with E-state index in [9.17, 15) is 15.2 Å². The van der Waals surface area contributed by atoms with Crippen LogP contribution in [-0.2, 0) is 9.53 Å². The van der Waals surface area contributed by atoms with Crippen molar-refractivity contribution in [2.75, 3.05) is 0 Å². The summed E-state index contributed by atoms with van der Waals surface area (Å²) in [6.07, 6.45) is 8.18. The first-order valence-electron chi connectivity index (χ1n) is 9.53. The zero-order valence-corrected chi connectivity index (χ0v) is 15.0. The zero-order valence-electron chi connectivity index (χ0n) is 15.0. The molecule has 0 aromatic heterocycles. The van der Waals surface area contributed by atoms with E-state index < -0.39 is 0 Å². The Morgan fingerprint density at radius 2 is 1.96 bits per heavy atom. The van der Waals surface area contributed by atoms with Gasteiger partial charge in [-0.2, -0.15) is 0 Å². The highest BCUT2D eigenvalue weighted by Crippen LogP contribution is 2.62. The van der Waals surface area contributed by atoms with Crippen molar-refractivity contribution in [3.63, 3.8) is 0 Å². The minimum atomic E-state index is -0.138. The van der Waals surface area contributed by atoms with Gasteiger partial charge in [-0.05, 0) is 62.2 Å². The first kappa shape index (κ1) is 16.9. The van der Waals surface area contributed by atoms with Crippen LogP contribution in [0.25, 0.3) is 0 Å². The summed E-state index contributed by atoms with van der Waals surface area (Å²) >= 11 is 0. The Kier molecular flexibility index (Phi) is 3.85. The highest BCUT2D eigenvalue weighted by Gasteiger charge is 2.60. The molecule has 0 aromatic rings. The molecule has 4 aliphatic rings. The summed E-state index contributed by atoms with van der Waals surface area (Å²) in [5, 5.41) is 25.7. The lowest BCUT2D eigenvalue weighted by Gasteiger charge is -2.53. The number of hydrogen-bond acceptors (Lipinski definition) is 6. The average Bonchev–Trinajstić information content (AvgIpc) is 3.10. The number of oxime groups is 2. The zero-order chi connectivity index (χ0) is 17.8. The van der Waals surface area contributed by atoms with Crippen LogP contribution in [0.3, 0.4) is 0 Å². The highest BCUT2D eigenvalue weighted by molar-refractivity contribution is 5.92. The number of hydrogen-bond donors (Lipinski definition) is 2. The number of carbonyl (C=O) groups excluding carboxylic acids is 1. The first-order chi connectivity index (χ1) is 11.9. The van der Waals surface area contributed by atoms with Gasteiger partial charge in [0.2, 0.25) is 0 Å². The van der Waals surface area contributed by atoms with Crippen LogP contribution in [0.1, 0.15) is 58.8 Å². The first-order valence-corrected chi connectivity index (χ1v) is 9.53. The van der Waals surface area contributed by atoms with E-state index in [0.29, 0.717) is 5.92 Å². The maximum absolute atomic E-state index is 12.4. The van der Waals surface area contributed by atoms with Gasteiger partial charge in [-0.1, -0.05) is 19.0 Å². The molecule has 1 aliphatic heterocycles.